The first-order valence-corrected chi connectivity index (χ1v) is 10.4. The first-order chi connectivity index (χ1) is 16.3. The van der Waals surface area contributed by atoms with Crippen molar-refractivity contribution in [3.63, 3.8) is 0 Å². The fourth-order valence-corrected chi connectivity index (χ4v) is 3.19. The smallest absolute Gasteiger partial charge is 0.193 e. The van der Waals surface area contributed by atoms with Gasteiger partial charge in [0.15, 0.2) is 6.29 Å². The fourth-order valence-electron chi connectivity index (χ4n) is 3.19. The lowest BCUT2D eigenvalue weighted by atomic mass is 10.1. The van der Waals surface area contributed by atoms with Crippen LogP contribution in [0.1, 0.15) is 16.7 Å². The van der Waals surface area contributed by atoms with Crippen LogP contribution in [0, 0.1) is 23.7 Å². The van der Waals surface area contributed by atoms with E-state index in [9.17, 15) is 4.79 Å². The molecule has 0 aliphatic heterocycles. The fraction of sp³-hybridized carbons (Fsp3) is 0. The van der Waals surface area contributed by atoms with Gasteiger partial charge in [-0.1, -0.05) is 54.2 Å². The summed E-state index contributed by atoms with van der Waals surface area (Å²) < 4.78 is 0. The van der Waals surface area contributed by atoms with E-state index >= 15 is 0 Å². The molecule has 158 valence electrons. The molecule has 0 saturated carbocycles. The summed E-state index contributed by atoms with van der Waals surface area (Å²) in [6, 6.07) is 36.4. The van der Waals surface area contributed by atoms with Crippen LogP contribution in [0.15, 0.2) is 122 Å². The van der Waals surface area contributed by atoms with Gasteiger partial charge < -0.3 is 4.90 Å². The van der Waals surface area contributed by atoms with Crippen LogP contribution < -0.4 is 4.90 Å². The van der Waals surface area contributed by atoms with Crippen molar-refractivity contribution in [2.75, 3.05) is 4.90 Å². The number of nitrogens with zero attached hydrogens (tertiary/aromatic N) is 1. The highest BCUT2D eigenvalue weighted by molar-refractivity contribution is 5.76. The van der Waals surface area contributed by atoms with Crippen molar-refractivity contribution in [1.82, 2.24) is 0 Å². The molecule has 0 aromatic heterocycles. The normalized spacial score (nSPS) is 9.09. The van der Waals surface area contributed by atoms with E-state index in [2.05, 4.69) is 78.1 Å². The van der Waals surface area contributed by atoms with Crippen molar-refractivity contribution in [1.29, 1.82) is 0 Å². The maximum atomic E-state index is 10.3. The molecule has 0 spiro atoms. The molecule has 0 heterocycles. The summed E-state index contributed by atoms with van der Waals surface area (Å²) in [6.45, 7) is 6.00. The van der Waals surface area contributed by atoms with Crippen LogP contribution in [-0.4, -0.2) is 6.29 Å². The van der Waals surface area contributed by atoms with Crippen molar-refractivity contribution in [3.05, 3.63) is 139 Å². The van der Waals surface area contributed by atoms with Crippen LogP contribution in [-0.2, 0) is 4.79 Å². The predicted octanol–water partition coefficient (Wildman–Crippen LogP) is 6.91. The number of benzene rings is 4. The van der Waals surface area contributed by atoms with E-state index in [1.165, 1.54) is 0 Å². The van der Waals surface area contributed by atoms with E-state index in [4.69, 9.17) is 0 Å². The standard InChI is InChI=1S/C29H19NO.C2H4/c31-23-7-8-24-13-15-25(16-14-24)17-18-26-19-21-29(22-20-26)30(27-9-3-1-4-10-27)28-11-5-2-6-12-28;1-2/h1-6,9-16,19-23H;1-2H2. The summed E-state index contributed by atoms with van der Waals surface area (Å²) in [4.78, 5) is 12.6. The first-order valence-electron chi connectivity index (χ1n) is 10.4. The van der Waals surface area contributed by atoms with Crippen LogP contribution in [0.4, 0.5) is 17.1 Å². The van der Waals surface area contributed by atoms with Crippen molar-refractivity contribution >= 4 is 23.3 Å². The highest BCUT2D eigenvalue weighted by atomic mass is 16.1. The highest BCUT2D eigenvalue weighted by Crippen LogP contribution is 2.33. The third kappa shape index (κ3) is 6.34. The Hall–Kier alpha value is -4.79. The van der Waals surface area contributed by atoms with E-state index in [0.29, 0.717) is 6.29 Å². The van der Waals surface area contributed by atoms with Crippen molar-refractivity contribution in [2.45, 2.75) is 0 Å². The zero-order valence-corrected chi connectivity index (χ0v) is 18.2. The average molecular weight is 426 g/mol. The second-order valence-corrected chi connectivity index (χ2v) is 6.77. The summed E-state index contributed by atoms with van der Waals surface area (Å²) in [6.07, 6.45) is 0.591. The summed E-state index contributed by atoms with van der Waals surface area (Å²) in [5.74, 6) is 11.6. The lowest BCUT2D eigenvalue weighted by Gasteiger charge is -2.25. The molecule has 0 fully saturated rings. The van der Waals surface area contributed by atoms with Gasteiger partial charge in [0, 0.05) is 33.8 Å². The van der Waals surface area contributed by atoms with Gasteiger partial charge in [0.1, 0.15) is 0 Å². The molecule has 0 unspecified atom stereocenters. The maximum absolute atomic E-state index is 10.3. The second-order valence-electron chi connectivity index (χ2n) is 6.77. The molecule has 0 radical (unpaired) electrons. The SMILES string of the molecule is C=C.O=CC#Cc1ccc(C#Cc2ccc(N(c3ccccc3)c3ccccc3)cc2)cc1. The molecule has 0 saturated heterocycles. The lowest BCUT2D eigenvalue weighted by Crippen LogP contribution is -2.09. The number of aldehydes is 1. The Kier molecular flexibility index (Phi) is 8.43. The van der Waals surface area contributed by atoms with Crippen molar-refractivity contribution in [3.8, 4) is 23.7 Å². The van der Waals surface area contributed by atoms with Gasteiger partial charge in [0.05, 0.1) is 0 Å². The quantitative estimate of drug-likeness (QED) is 0.202. The maximum Gasteiger partial charge on any atom is 0.193 e. The van der Waals surface area contributed by atoms with Gasteiger partial charge in [0.2, 0.25) is 0 Å². The Balaban J connectivity index is 0.00000149. The van der Waals surface area contributed by atoms with Gasteiger partial charge in [-0.15, -0.1) is 13.2 Å². The van der Waals surface area contributed by atoms with E-state index in [-0.39, 0.29) is 0 Å². The molecule has 2 heteroatoms. The number of hydrogen-bond acceptors (Lipinski definition) is 2. The molecule has 0 amide bonds. The molecular weight excluding hydrogens is 402 g/mol. The third-order valence-corrected chi connectivity index (χ3v) is 4.67. The van der Waals surface area contributed by atoms with Crippen LogP contribution >= 0.6 is 0 Å². The van der Waals surface area contributed by atoms with Gasteiger partial charge in [0.25, 0.3) is 0 Å². The number of rotatable bonds is 3. The zero-order valence-electron chi connectivity index (χ0n) is 18.2. The molecule has 0 atom stereocenters. The number of carbonyl (C=O) groups excluding carboxylic acids is 1. The van der Waals surface area contributed by atoms with Gasteiger partial charge in [-0.25, -0.2) is 0 Å². The van der Waals surface area contributed by atoms with Crippen LogP contribution in [0.3, 0.4) is 0 Å². The molecule has 4 aromatic rings. The third-order valence-electron chi connectivity index (χ3n) is 4.67. The molecule has 2 nitrogen and oxygen atoms in total. The van der Waals surface area contributed by atoms with Gasteiger partial charge in [-0.3, -0.25) is 4.79 Å². The Morgan fingerprint density at radius 2 is 0.879 bits per heavy atom. The predicted molar refractivity (Wildman–Crippen MR) is 138 cm³/mol. The summed E-state index contributed by atoms with van der Waals surface area (Å²) in [5, 5.41) is 0. The topological polar surface area (TPSA) is 20.3 Å². The molecule has 0 N–H and O–H groups in total. The van der Waals surface area contributed by atoms with E-state index in [1.54, 1.807) is 0 Å². The van der Waals surface area contributed by atoms with E-state index in [0.717, 1.165) is 33.8 Å². The highest BCUT2D eigenvalue weighted by Gasteiger charge is 2.11. The largest absolute Gasteiger partial charge is 0.311 e. The van der Waals surface area contributed by atoms with E-state index < -0.39 is 0 Å². The Morgan fingerprint density at radius 1 is 0.515 bits per heavy atom. The van der Waals surface area contributed by atoms with Gasteiger partial charge in [-0.05, 0) is 78.7 Å². The summed E-state index contributed by atoms with van der Waals surface area (Å²) in [7, 11) is 0. The molecule has 0 bridgehead atoms. The summed E-state index contributed by atoms with van der Waals surface area (Å²) in [5.41, 5.74) is 5.91. The number of anilines is 3. The zero-order chi connectivity index (χ0) is 23.3. The lowest BCUT2D eigenvalue weighted by molar-refractivity contribution is -0.103. The minimum Gasteiger partial charge on any atom is -0.311 e. The Morgan fingerprint density at radius 3 is 1.30 bits per heavy atom. The molecule has 4 rings (SSSR count). The van der Waals surface area contributed by atoms with Gasteiger partial charge in [-0.2, -0.15) is 0 Å². The van der Waals surface area contributed by atoms with Gasteiger partial charge >= 0.3 is 0 Å². The van der Waals surface area contributed by atoms with Crippen LogP contribution in [0.2, 0.25) is 0 Å². The van der Waals surface area contributed by atoms with Crippen molar-refractivity contribution in [2.24, 2.45) is 0 Å². The molecule has 33 heavy (non-hydrogen) atoms. The Bertz CT molecular complexity index is 1250. The molecule has 0 aliphatic carbocycles. The molecule has 0 aliphatic rings. The average Bonchev–Trinajstić information content (AvgIpc) is 2.90. The molecular formula is C31H23NO. The monoisotopic (exact) mass is 425 g/mol. The molecule has 4 aromatic carbocycles. The van der Waals surface area contributed by atoms with Crippen molar-refractivity contribution < 1.29 is 4.79 Å². The minimum absolute atomic E-state index is 0.591. The Labute approximate surface area is 195 Å². The number of carbonyl (C=O) groups is 1. The number of hydrogen-bond donors (Lipinski definition) is 0. The first kappa shape index (κ1) is 22.9. The summed E-state index contributed by atoms with van der Waals surface area (Å²) >= 11 is 0. The minimum atomic E-state index is 0.591. The van der Waals surface area contributed by atoms with E-state index in [1.807, 2.05) is 72.8 Å². The second kappa shape index (κ2) is 12.2. The van der Waals surface area contributed by atoms with Crippen LogP contribution in [0.25, 0.3) is 0 Å². The van der Waals surface area contributed by atoms with Crippen LogP contribution in [0.5, 0.6) is 0 Å². The number of para-hydroxylation sites is 2.